The van der Waals surface area contributed by atoms with Gasteiger partial charge in [-0.2, -0.15) is 0 Å². The van der Waals surface area contributed by atoms with E-state index in [9.17, 15) is 22.8 Å². The van der Waals surface area contributed by atoms with E-state index < -0.39 is 28.5 Å². The second-order valence-corrected chi connectivity index (χ2v) is 9.94. The number of hydrogen-bond acceptors (Lipinski definition) is 7. The van der Waals surface area contributed by atoms with Crippen molar-refractivity contribution in [3.05, 3.63) is 59.7 Å². The number of benzene rings is 2. The van der Waals surface area contributed by atoms with E-state index in [0.717, 1.165) is 25.7 Å². The summed E-state index contributed by atoms with van der Waals surface area (Å²) in [6.45, 7) is -0.541. The molecule has 35 heavy (non-hydrogen) atoms. The highest BCUT2D eigenvalue weighted by molar-refractivity contribution is 7.90. The summed E-state index contributed by atoms with van der Waals surface area (Å²) in [5.74, 6) is -1.33. The largest absolute Gasteiger partial charge is 0.456 e. The SMILES string of the molecule is O=C(COC(=O)CCN=C1NS(=O)(=O)c2ccccc21)Nc1ccccc1C(=O)NC1CCCC1. The van der Waals surface area contributed by atoms with E-state index in [0.29, 0.717) is 16.8 Å². The summed E-state index contributed by atoms with van der Waals surface area (Å²) < 4.78 is 31.5. The van der Waals surface area contributed by atoms with Crippen molar-refractivity contribution in [1.82, 2.24) is 10.0 Å². The highest BCUT2D eigenvalue weighted by Crippen LogP contribution is 2.22. The van der Waals surface area contributed by atoms with Gasteiger partial charge in [0.25, 0.3) is 21.8 Å². The number of aliphatic imine (C=N–C) groups is 1. The Morgan fingerprint density at radius 2 is 1.74 bits per heavy atom. The Bertz CT molecular complexity index is 1270. The molecule has 0 unspecified atom stereocenters. The minimum Gasteiger partial charge on any atom is -0.456 e. The number of fused-ring (bicyclic) bond motifs is 1. The number of amidine groups is 1. The molecule has 0 bridgehead atoms. The van der Waals surface area contributed by atoms with E-state index in [4.69, 9.17) is 4.74 Å². The molecule has 1 aliphatic carbocycles. The Kier molecular flexibility index (Phi) is 7.45. The second-order valence-electron chi connectivity index (χ2n) is 8.29. The standard InChI is InChI=1S/C24H26N4O6S/c29-21(27-19-11-5-3-9-17(19)24(31)26-16-7-1-2-8-16)15-34-22(30)13-14-25-23-18-10-4-6-12-20(18)35(32,33)28-23/h3-6,9-12,16H,1-2,7-8,13-15H2,(H,25,28)(H,26,31)(H,27,29). The first-order chi connectivity index (χ1) is 16.8. The maximum absolute atomic E-state index is 12.6. The van der Waals surface area contributed by atoms with E-state index >= 15 is 0 Å². The van der Waals surface area contributed by atoms with Gasteiger partial charge in [-0.25, -0.2) is 8.42 Å². The van der Waals surface area contributed by atoms with Gasteiger partial charge >= 0.3 is 5.97 Å². The lowest BCUT2D eigenvalue weighted by Crippen LogP contribution is -2.33. The van der Waals surface area contributed by atoms with E-state index in [2.05, 4.69) is 20.3 Å². The molecule has 1 saturated carbocycles. The minimum atomic E-state index is -3.65. The van der Waals surface area contributed by atoms with Crippen LogP contribution in [-0.4, -0.2) is 51.2 Å². The van der Waals surface area contributed by atoms with Gasteiger partial charge in [-0.15, -0.1) is 0 Å². The Labute approximate surface area is 203 Å². The number of amides is 2. The van der Waals surface area contributed by atoms with Crippen LogP contribution < -0.4 is 15.4 Å². The van der Waals surface area contributed by atoms with Gasteiger partial charge in [0.05, 0.1) is 29.1 Å². The van der Waals surface area contributed by atoms with Gasteiger partial charge in [0.15, 0.2) is 6.61 Å². The van der Waals surface area contributed by atoms with Crippen LogP contribution in [0.15, 0.2) is 58.4 Å². The molecule has 0 saturated heterocycles. The maximum Gasteiger partial charge on any atom is 0.308 e. The third-order valence-corrected chi connectivity index (χ3v) is 7.15. The normalized spacial score (nSPS) is 17.4. The topological polar surface area (TPSA) is 143 Å². The molecular formula is C24H26N4O6S. The van der Waals surface area contributed by atoms with E-state index in [1.165, 1.54) is 6.07 Å². The molecule has 0 atom stereocenters. The van der Waals surface area contributed by atoms with Gasteiger partial charge in [0, 0.05) is 11.6 Å². The van der Waals surface area contributed by atoms with Gasteiger partial charge in [0.2, 0.25) is 0 Å². The Balaban J connectivity index is 1.26. The molecule has 10 nitrogen and oxygen atoms in total. The fraction of sp³-hybridized carbons (Fsp3) is 0.333. The zero-order valence-electron chi connectivity index (χ0n) is 19.0. The highest BCUT2D eigenvalue weighted by atomic mass is 32.2. The van der Waals surface area contributed by atoms with Crippen molar-refractivity contribution in [3.63, 3.8) is 0 Å². The summed E-state index contributed by atoms with van der Waals surface area (Å²) in [5.41, 5.74) is 1.12. The van der Waals surface area contributed by atoms with Crippen molar-refractivity contribution in [2.24, 2.45) is 4.99 Å². The van der Waals surface area contributed by atoms with Crippen LogP contribution in [-0.2, 0) is 24.3 Å². The van der Waals surface area contributed by atoms with Gasteiger partial charge in [-0.3, -0.25) is 24.1 Å². The van der Waals surface area contributed by atoms with Crippen LogP contribution in [0, 0.1) is 0 Å². The average Bonchev–Trinajstić information content (AvgIpc) is 3.44. The van der Waals surface area contributed by atoms with Crippen LogP contribution in [0.25, 0.3) is 0 Å². The zero-order valence-corrected chi connectivity index (χ0v) is 19.8. The predicted octanol–water partition coefficient (Wildman–Crippen LogP) is 1.97. The molecule has 0 radical (unpaired) electrons. The first-order valence-electron chi connectivity index (χ1n) is 11.4. The number of sulfonamides is 1. The molecule has 1 fully saturated rings. The molecule has 1 aliphatic heterocycles. The molecule has 2 aliphatic rings. The van der Waals surface area contributed by atoms with Crippen LogP contribution in [0.2, 0.25) is 0 Å². The van der Waals surface area contributed by atoms with Crippen LogP contribution >= 0.6 is 0 Å². The fourth-order valence-corrected chi connectivity index (χ4v) is 5.29. The number of para-hydroxylation sites is 1. The first-order valence-corrected chi connectivity index (χ1v) is 12.8. The average molecular weight is 499 g/mol. The maximum atomic E-state index is 12.6. The molecule has 2 amide bonds. The molecule has 1 heterocycles. The quantitative estimate of drug-likeness (QED) is 0.475. The first kappa shape index (κ1) is 24.4. The van der Waals surface area contributed by atoms with Crippen molar-refractivity contribution >= 4 is 39.3 Å². The molecule has 4 rings (SSSR count). The number of nitrogens with one attached hydrogen (secondary N) is 3. The molecule has 0 spiro atoms. The van der Waals surface area contributed by atoms with Crippen molar-refractivity contribution < 1.29 is 27.5 Å². The van der Waals surface area contributed by atoms with Gasteiger partial charge in [-0.05, 0) is 37.1 Å². The van der Waals surface area contributed by atoms with Crippen LogP contribution in [0.1, 0.15) is 48.0 Å². The number of carbonyl (C=O) groups is 3. The lowest BCUT2D eigenvalue weighted by molar-refractivity contribution is -0.147. The Morgan fingerprint density at radius 1 is 1.03 bits per heavy atom. The zero-order chi connectivity index (χ0) is 24.8. The molecule has 3 N–H and O–H groups in total. The number of anilines is 1. The van der Waals surface area contributed by atoms with Crippen molar-refractivity contribution in [2.45, 2.75) is 43.0 Å². The lowest BCUT2D eigenvalue weighted by atomic mass is 10.1. The van der Waals surface area contributed by atoms with E-state index in [1.807, 2.05) is 0 Å². The van der Waals surface area contributed by atoms with Crippen LogP contribution in [0.5, 0.6) is 0 Å². The van der Waals surface area contributed by atoms with Gasteiger partial charge in [-0.1, -0.05) is 37.1 Å². The summed E-state index contributed by atoms with van der Waals surface area (Å²) in [4.78, 5) is 41.2. The lowest BCUT2D eigenvalue weighted by Gasteiger charge is -2.15. The van der Waals surface area contributed by atoms with Crippen molar-refractivity contribution in [2.75, 3.05) is 18.5 Å². The Hall–Kier alpha value is -3.73. The molecule has 184 valence electrons. The molecule has 2 aromatic carbocycles. The fourth-order valence-electron chi connectivity index (χ4n) is 4.04. The summed E-state index contributed by atoms with van der Waals surface area (Å²) in [7, 11) is -3.65. The highest BCUT2D eigenvalue weighted by Gasteiger charge is 2.30. The summed E-state index contributed by atoms with van der Waals surface area (Å²) >= 11 is 0. The second kappa shape index (κ2) is 10.7. The minimum absolute atomic E-state index is 0.0171. The summed E-state index contributed by atoms with van der Waals surface area (Å²) in [5, 5.41) is 5.60. The van der Waals surface area contributed by atoms with Crippen LogP contribution in [0.4, 0.5) is 5.69 Å². The van der Waals surface area contributed by atoms with Crippen molar-refractivity contribution in [1.29, 1.82) is 0 Å². The number of ether oxygens (including phenoxy) is 1. The van der Waals surface area contributed by atoms with E-state index in [1.54, 1.807) is 42.5 Å². The van der Waals surface area contributed by atoms with Gasteiger partial charge in [0.1, 0.15) is 5.84 Å². The van der Waals surface area contributed by atoms with Crippen LogP contribution in [0.3, 0.4) is 0 Å². The monoisotopic (exact) mass is 498 g/mol. The molecule has 0 aromatic heterocycles. The van der Waals surface area contributed by atoms with Crippen molar-refractivity contribution in [3.8, 4) is 0 Å². The Morgan fingerprint density at radius 3 is 2.54 bits per heavy atom. The summed E-state index contributed by atoms with van der Waals surface area (Å²) in [6, 6.07) is 13.2. The third kappa shape index (κ3) is 6.04. The number of esters is 1. The molecular weight excluding hydrogens is 472 g/mol. The van der Waals surface area contributed by atoms with Gasteiger partial charge < -0.3 is 15.4 Å². The number of nitrogens with zero attached hydrogens (tertiary/aromatic N) is 1. The summed E-state index contributed by atoms with van der Waals surface area (Å²) in [6.07, 6.45) is 3.93. The predicted molar refractivity (Wildman–Crippen MR) is 129 cm³/mol. The smallest absolute Gasteiger partial charge is 0.308 e. The number of rotatable bonds is 8. The third-order valence-electron chi connectivity index (χ3n) is 5.75. The molecule has 11 heteroatoms. The molecule has 2 aromatic rings. The number of carbonyl (C=O) groups excluding carboxylic acids is 3. The number of hydrogen-bond donors (Lipinski definition) is 3. The van der Waals surface area contributed by atoms with E-state index in [-0.39, 0.29) is 35.6 Å².